The summed E-state index contributed by atoms with van der Waals surface area (Å²) in [6.45, 7) is 4.11. The maximum absolute atomic E-state index is 12.2. The van der Waals surface area contributed by atoms with Crippen molar-refractivity contribution < 1.29 is 22.7 Å². The summed E-state index contributed by atoms with van der Waals surface area (Å²) >= 11 is 1.38. The van der Waals surface area contributed by atoms with Crippen LogP contribution in [-0.4, -0.2) is 49.1 Å². The number of rotatable bonds is 3. The van der Waals surface area contributed by atoms with Crippen LogP contribution in [0.1, 0.15) is 20.3 Å². The van der Waals surface area contributed by atoms with E-state index in [0.717, 1.165) is 5.69 Å². The van der Waals surface area contributed by atoms with Gasteiger partial charge in [-0.1, -0.05) is 25.6 Å². The molecule has 7 nitrogen and oxygen atoms in total. The Balaban J connectivity index is 1.70. The van der Waals surface area contributed by atoms with Gasteiger partial charge in [0.2, 0.25) is 12.7 Å². The third kappa shape index (κ3) is 3.29. The van der Waals surface area contributed by atoms with Crippen LogP contribution in [0.4, 0.5) is 5.69 Å². The van der Waals surface area contributed by atoms with E-state index in [4.69, 9.17) is 9.47 Å². The van der Waals surface area contributed by atoms with Crippen molar-refractivity contribution >= 4 is 38.4 Å². The van der Waals surface area contributed by atoms with Crippen LogP contribution in [0.2, 0.25) is 0 Å². The Morgan fingerprint density at radius 1 is 1.31 bits per heavy atom. The molecule has 2 saturated heterocycles. The van der Waals surface area contributed by atoms with Crippen LogP contribution in [-0.2, 0) is 14.6 Å². The normalized spacial score (nSPS) is 27.3. The molecule has 3 heterocycles. The molecule has 0 aliphatic carbocycles. The number of benzene rings is 1. The van der Waals surface area contributed by atoms with E-state index in [1.165, 1.54) is 11.8 Å². The number of aliphatic imine (C=N–C) groups is 1. The molecular weight excluding hydrogens is 376 g/mol. The Kier molecular flexibility index (Phi) is 4.38. The lowest BCUT2D eigenvalue weighted by Gasteiger charge is -2.24. The molecule has 1 amide bonds. The summed E-state index contributed by atoms with van der Waals surface area (Å²) in [5, 5.41) is 0.454. The van der Waals surface area contributed by atoms with Gasteiger partial charge in [-0.25, -0.2) is 8.42 Å². The molecule has 0 radical (unpaired) electrons. The summed E-state index contributed by atoms with van der Waals surface area (Å²) in [5.74, 6) is 1.49. The molecule has 1 aromatic rings. The van der Waals surface area contributed by atoms with Crippen LogP contribution in [0, 0.1) is 5.92 Å². The van der Waals surface area contributed by atoms with Crippen molar-refractivity contribution in [3.63, 3.8) is 0 Å². The second-order valence-electron chi connectivity index (χ2n) is 7.09. The second-order valence-corrected chi connectivity index (χ2v) is 10.5. The maximum atomic E-state index is 12.2. The number of ether oxygens (including phenoxy) is 2. The van der Waals surface area contributed by atoms with Crippen LogP contribution >= 0.6 is 11.8 Å². The van der Waals surface area contributed by atoms with Crippen molar-refractivity contribution in [1.29, 1.82) is 0 Å². The monoisotopic (exact) mass is 396 g/mol. The van der Waals surface area contributed by atoms with Gasteiger partial charge in [-0.15, -0.1) is 0 Å². The number of nitrogens with zero attached hydrogens (tertiary/aromatic N) is 2. The third-order valence-corrected chi connectivity index (χ3v) is 7.71. The summed E-state index contributed by atoms with van der Waals surface area (Å²) in [6.07, 6.45) is 0.368. The van der Waals surface area contributed by atoms with E-state index in [9.17, 15) is 13.2 Å². The Bertz CT molecular complexity index is 881. The summed E-state index contributed by atoms with van der Waals surface area (Å²) in [5.41, 5.74) is 0.766. The molecule has 0 aromatic heterocycles. The lowest BCUT2D eigenvalue weighted by atomic mass is 10.1. The summed E-state index contributed by atoms with van der Waals surface area (Å²) < 4.78 is 35.0. The molecule has 0 saturated carbocycles. The molecule has 3 aliphatic rings. The lowest BCUT2D eigenvalue weighted by Crippen LogP contribution is -2.37. The number of anilines is 1. The van der Waals surface area contributed by atoms with E-state index in [-0.39, 0.29) is 41.4 Å². The first-order valence-electron chi connectivity index (χ1n) is 8.50. The molecule has 0 N–H and O–H groups in total. The SMILES string of the molecule is CC(C)CC(=O)N=C1SC2CS(=O)(=O)CC2N1c1ccc2c(c1)OCO2. The fraction of sp³-hybridized carbons (Fsp3) is 0.529. The van der Waals surface area contributed by atoms with Crippen molar-refractivity contribution in [3.05, 3.63) is 18.2 Å². The quantitative estimate of drug-likeness (QED) is 0.773. The zero-order valence-corrected chi connectivity index (χ0v) is 16.2. The Morgan fingerprint density at radius 2 is 2.08 bits per heavy atom. The molecule has 26 heavy (non-hydrogen) atoms. The van der Waals surface area contributed by atoms with E-state index >= 15 is 0 Å². The van der Waals surface area contributed by atoms with Crippen LogP contribution < -0.4 is 14.4 Å². The van der Waals surface area contributed by atoms with Gasteiger partial charge in [-0.05, 0) is 18.1 Å². The van der Waals surface area contributed by atoms with E-state index < -0.39 is 9.84 Å². The van der Waals surface area contributed by atoms with Gasteiger partial charge in [-0.2, -0.15) is 4.99 Å². The molecule has 2 unspecified atom stereocenters. The highest BCUT2D eigenvalue weighted by Crippen LogP contribution is 2.43. The minimum absolute atomic E-state index is 0.0660. The molecular formula is C17H20N2O5S2. The van der Waals surface area contributed by atoms with Gasteiger partial charge in [0.15, 0.2) is 26.5 Å². The largest absolute Gasteiger partial charge is 0.454 e. The van der Waals surface area contributed by atoms with Crippen LogP contribution in [0.25, 0.3) is 0 Å². The van der Waals surface area contributed by atoms with Crippen molar-refractivity contribution in [2.24, 2.45) is 10.9 Å². The predicted octanol–water partition coefficient (Wildman–Crippen LogP) is 2.06. The van der Waals surface area contributed by atoms with Gasteiger partial charge in [0.05, 0.1) is 17.5 Å². The highest BCUT2D eigenvalue weighted by Gasteiger charge is 2.49. The number of hydrogen-bond acceptors (Lipinski definition) is 6. The molecule has 0 spiro atoms. The second kappa shape index (κ2) is 6.45. The zero-order valence-electron chi connectivity index (χ0n) is 14.5. The highest BCUT2D eigenvalue weighted by atomic mass is 32.2. The molecule has 140 valence electrons. The fourth-order valence-corrected chi connectivity index (χ4v) is 7.33. The van der Waals surface area contributed by atoms with Crippen LogP contribution in [0.15, 0.2) is 23.2 Å². The molecule has 2 fully saturated rings. The van der Waals surface area contributed by atoms with E-state index in [0.29, 0.717) is 23.1 Å². The summed E-state index contributed by atoms with van der Waals surface area (Å²) in [6, 6.07) is 5.24. The van der Waals surface area contributed by atoms with E-state index in [1.807, 2.05) is 30.9 Å². The molecule has 1 aromatic carbocycles. The van der Waals surface area contributed by atoms with Gasteiger partial charge in [0.1, 0.15) is 0 Å². The molecule has 9 heteroatoms. The Hall–Kier alpha value is -1.74. The van der Waals surface area contributed by atoms with E-state index in [2.05, 4.69) is 4.99 Å². The number of carbonyl (C=O) groups is 1. The Morgan fingerprint density at radius 3 is 2.85 bits per heavy atom. The number of carbonyl (C=O) groups excluding carboxylic acids is 1. The predicted molar refractivity (Wildman–Crippen MR) is 101 cm³/mol. The number of hydrogen-bond donors (Lipinski definition) is 0. The van der Waals surface area contributed by atoms with Crippen LogP contribution in [0.3, 0.4) is 0 Å². The minimum atomic E-state index is -3.09. The third-order valence-electron chi connectivity index (χ3n) is 4.50. The molecule has 2 atom stereocenters. The van der Waals surface area contributed by atoms with Crippen molar-refractivity contribution in [2.75, 3.05) is 23.2 Å². The zero-order chi connectivity index (χ0) is 18.5. The first-order chi connectivity index (χ1) is 12.3. The van der Waals surface area contributed by atoms with Gasteiger partial charge >= 0.3 is 0 Å². The summed E-state index contributed by atoms with van der Waals surface area (Å²) in [7, 11) is -3.09. The van der Waals surface area contributed by atoms with E-state index in [1.54, 1.807) is 6.07 Å². The number of amidine groups is 1. The maximum Gasteiger partial charge on any atom is 0.248 e. The highest BCUT2D eigenvalue weighted by molar-refractivity contribution is 8.16. The molecule has 4 rings (SSSR count). The van der Waals surface area contributed by atoms with Gasteiger partial charge < -0.3 is 14.4 Å². The first kappa shape index (κ1) is 17.7. The first-order valence-corrected chi connectivity index (χ1v) is 11.2. The number of amides is 1. The summed E-state index contributed by atoms with van der Waals surface area (Å²) in [4.78, 5) is 18.4. The number of sulfone groups is 1. The van der Waals surface area contributed by atoms with Gasteiger partial charge in [0, 0.05) is 23.4 Å². The fourth-order valence-electron chi connectivity index (χ4n) is 3.40. The Labute approximate surface area is 156 Å². The van der Waals surface area contributed by atoms with Crippen molar-refractivity contribution in [1.82, 2.24) is 0 Å². The number of thioether (sulfide) groups is 1. The smallest absolute Gasteiger partial charge is 0.248 e. The van der Waals surface area contributed by atoms with Crippen LogP contribution in [0.5, 0.6) is 11.5 Å². The van der Waals surface area contributed by atoms with Gasteiger partial charge in [0.25, 0.3) is 0 Å². The van der Waals surface area contributed by atoms with Crippen molar-refractivity contribution in [2.45, 2.75) is 31.6 Å². The number of fused-ring (bicyclic) bond motifs is 2. The average molecular weight is 396 g/mol. The molecule has 0 bridgehead atoms. The lowest BCUT2D eigenvalue weighted by molar-refractivity contribution is -0.118. The average Bonchev–Trinajstić information content (AvgIpc) is 3.17. The molecule has 3 aliphatic heterocycles. The standard InChI is InChI=1S/C17H20N2O5S2/c1-10(2)5-16(20)18-17-19(12-7-26(21,22)8-15(12)25-17)11-3-4-13-14(6-11)24-9-23-13/h3-4,6,10,12,15H,5,7-9H2,1-2H3. The van der Waals surface area contributed by atoms with Gasteiger partial charge in [-0.3, -0.25) is 4.79 Å². The minimum Gasteiger partial charge on any atom is -0.454 e. The van der Waals surface area contributed by atoms with Crippen molar-refractivity contribution in [3.8, 4) is 11.5 Å². The topological polar surface area (TPSA) is 85.3 Å².